The highest BCUT2D eigenvalue weighted by molar-refractivity contribution is 8.31. The minimum absolute atomic E-state index is 0.216. The predicted octanol–water partition coefficient (Wildman–Crippen LogP) is 19.3. The van der Waals surface area contributed by atoms with Gasteiger partial charge in [-0.05, 0) is 143 Å². The van der Waals surface area contributed by atoms with Crippen LogP contribution in [0.4, 0.5) is 0 Å². The molecule has 0 bridgehead atoms. The number of methoxy groups -OCH3 is 4. The third-order valence-corrected chi connectivity index (χ3v) is 30.2. The topological polar surface area (TPSA) is 105 Å². The molecule has 0 aliphatic carbocycles. The fourth-order valence-corrected chi connectivity index (χ4v) is 26.5. The summed E-state index contributed by atoms with van der Waals surface area (Å²) in [6.45, 7) is 17.2. The largest absolute Gasteiger partial charge is 0.465 e. The van der Waals surface area contributed by atoms with E-state index in [2.05, 4.69) is 104 Å². The Morgan fingerprint density at radius 2 is 0.547 bits per heavy atom. The van der Waals surface area contributed by atoms with Crippen molar-refractivity contribution < 1.29 is 38.1 Å². The fourth-order valence-electron chi connectivity index (χ4n) is 7.05. The number of ether oxygens (including phenoxy) is 4. The number of rotatable bonds is 12. The molecule has 0 fully saturated rings. The summed E-state index contributed by atoms with van der Waals surface area (Å²) in [6, 6.07) is 13.2. The van der Waals surface area contributed by atoms with E-state index in [0.29, 0.717) is 0 Å². The molecular weight excluding hydrogens is 1230 g/mol. The zero-order valence-corrected chi connectivity index (χ0v) is 54.3. The second-order valence-corrected chi connectivity index (χ2v) is 34.9. The van der Waals surface area contributed by atoms with Gasteiger partial charge >= 0.3 is 23.9 Å². The van der Waals surface area contributed by atoms with E-state index in [4.69, 9.17) is 18.9 Å². The van der Waals surface area contributed by atoms with Crippen LogP contribution in [0.25, 0.3) is 22.3 Å². The molecule has 6 aliphatic rings. The van der Waals surface area contributed by atoms with Crippen molar-refractivity contribution in [2.45, 2.75) is 55.4 Å². The highest BCUT2D eigenvalue weighted by Crippen LogP contribution is 2.61. The van der Waals surface area contributed by atoms with Crippen molar-refractivity contribution >= 4 is 221 Å². The molecule has 9 heterocycles. The van der Waals surface area contributed by atoms with Gasteiger partial charge in [0.1, 0.15) is 19.6 Å². The third-order valence-electron chi connectivity index (χ3n) is 11.4. The summed E-state index contributed by atoms with van der Waals surface area (Å²) >= 11 is 24.3. The monoisotopic (exact) mass is 1280 g/mol. The molecule has 0 saturated carbocycles. The molecule has 3 aromatic heterocycles. The van der Waals surface area contributed by atoms with Crippen LogP contribution in [0.1, 0.15) is 84.7 Å². The van der Waals surface area contributed by atoms with Gasteiger partial charge in [-0.2, -0.15) is 0 Å². The summed E-state index contributed by atoms with van der Waals surface area (Å²) in [5.74, 6) is -2.32. The molecule has 0 amide bonds. The van der Waals surface area contributed by atoms with Crippen LogP contribution in [0, 0.1) is 0 Å². The van der Waals surface area contributed by atoms with Gasteiger partial charge < -0.3 is 18.9 Å². The molecule has 0 saturated heterocycles. The number of esters is 4. The van der Waals surface area contributed by atoms with Crippen molar-refractivity contribution in [1.29, 1.82) is 0 Å². The van der Waals surface area contributed by atoms with Crippen LogP contribution in [0.5, 0.6) is 0 Å². The van der Waals surface area contributed by atoms with Crippen LogP contribution in [-0.4, -0.2) is 52.3 Å². The normalized spacial score (nSPS) is 18.0. The lowest BCUT2D eigenvalue weighted by molar-refractivity contribution is -0.138. The van der Waals surface area contributed by atoms with E-state index in [9.17, 15) is 19.2 Å². The lowest BCUT2D eigenvalue weighted by Crippen LogP contribution is -2.08. The van der Waals surface area contributed by atoms with Gasteiger partial charge in [0.25, 0.3) is 0 Å². The van der Waals surface area contributed by atoms with E-state index in [1.165, 1.54) is 123 Å². The smallest absolute Gasteiger partial charge is 0.346 e. The molecule has 23 heteroatoms. The molecule has 0 atom stereocenters. The van der Waals surface area contributed by atoms with Crippen molar-refractivity contribution in [2.24, 2.45) is 0 Å². The van der Waals surface area contributed by atoms with Gasteiger partial charge in [-0.3, -0.25) is 0 Å². The van der Waals surface area contributed by atoms with Gasteiger partial charge in [0.2, 0.25) is 0 Å². The Bertz CT molecular complexity index is 3080. The van der Waals surface area contributed by atoms with E-state index in [-0.39, 0.29) is 19.6 Å². The highest BCUT2D eigenvalue weighted by Gasteiger charge is 2.37. The first-order chi connectivity index (χ1) is 35.9. The minimum Gasteiger partial charge on any atom is -0.465 e. The highest BCUT2D eigenvalue weighted by atomic mass is 32.2. The molecule has 75 heavy (non-hydrogen) atoms. The molecule has 3 aromatic rings. The Kier molecular flexibility index (Phi) is 19.1. The molecule has 0 spiro atoms. The molecule has 0 unspecified atom stereocenters. The van der Waals surface area contributed by atoms with Crippen molar-refractivity contribution in [3.8, 4) is 0 Å². The molecule has 0 radical (unpaired) electrons. The summed E-state index contributed by atoms with van der Waals surface area (Å²) in [7, 11) is 5.28. The molecule has 6 aliphatic heterocycles. The van der Waals surface area contributed by atoms with Crippen LogP contribution in [0.2, 0.25) is 0 Å². The fraction of sp³-hybridized carbons (Fsp3) is 0.231. The van der Waals surface area contributed by atoms with Gasteiger partial charge in [-0.1, -0.05) is 141 Å². The number of hydrogen-bond acceptors (Lipinski definition) is 23. The van der Waals surface area contributed by atoms with Crippen molar-refractivity contribution in [3.05, 3.63) is 162 Å². The average Bonchev–Trinajstić information content (AvgIpc) is 4.26. The Hall–Kier alpha value is -1.94. The summed E-state index contributed by atoms with van der Waals surface area (Å²) in [5, 5.41) is 0. The Morgan fingerprint density at radius 1 is 0.320 bits per heavy atom. The van der Waals surface area contributed by atoms with Crippen molar-refractivity contribution in [3.63, 3.8) is 0 Å². The lowest BCUT2D eigenvalue weighted by Gasteiger charge is -2.10. The lowest BCUT2D eigenvalue weighted by atomic mass is 10.1. The number of thiophene rings is 3. The van der Waals surface area contributed by atoms with Gasteiger partial charge in [0, 0.05) is 60.0 Å². The molecule has 0 N–H and O–H groups in total. The first-order valence-corrected chi connectivity index (χ1v) is 34.5. The first-order valence-electron chi connectivity index (χ1n) is 22.3. The zero-order valence-electron chi connectivity index (χ0n) is 42.0. The quantitative estimate of drug-likeness (QED) is 0.127. The Labute approximate surface area is 499 Å². The van der Waals surface area contributed by atoms with Crippen LogP contribution < -0.4 is 0 Å². The van der Waals surface area contributed by atoms with Gasteiger partial charge in [-0.25, -0.2) is 19.2 Å². The minimum atomic E-state index is -0.579. The molecule has 8 nitrogen and oxygen atoms in total. The van der Waals surface area contributed by atoms with Crippen LogP contribution >= 0.6 is 175 Å². The second kappa shape index (κ2) is 24.8. The second-order valence-electron chi connectivity index (χ2n) is 16.1. The number of carbonyl (C=O) groups excluding carboxylic acids is 4. The van der Waals surface area contributed by atoms with E-state index in [1.807, 2.05) is 0 Å². The van der Waals surface area contributed by atoms with Crippen molar-refractivity contribution in [1.82, 2.24) is 0 Å². The maximum atomic E-state index is 13.1. The van der Waals surface area contributed by atoms with Crippen molar-refractivity contribution in [2.75, 3.05) is 28.4 Å². The number of hydrogen-bond donors (Lipinski definition) is 0. The van der Waals surface area contributed by atoms with Gasteiger partial charge in [0.15, 0.2) is 0 Å². The standard InChI is InChI=1S/C52H44O8S15/c1-21-22(2)62-37(61-21)19-29(49-72-41(45(53)57-9)42(73-49)46(54)58-10)31-13-15-33(69-31)39(51-65-25(5)26(6)66-51)35-17-18-36(71-35)40(52-67-27(7)28(8)68-52)34-16-14-32(70-34)30(20-38-63-23(3)24(4)64-38)50-74-43(47(55)59-11)44(75-50)48(56)60-12/h13-20H,1-12H3. The molecule has 0 aromatic carbocycles. The number of carbonyl (C=O) groups is 4. The summed E-state index contributed by atoms with van der Waals surface area (Å²) < 4.78 is 26.8. The van der Waals surface area contributed by atoms with Gasteiger partial charge in [-0.15, -0.1) is 34.0 Å². The predicted molar refractivity (Wildman–Crippen MR) is 342 cm³/mol. The zero-order chi connectivity index (χ0) is 53.6. The van der Waals surface area contributed by atoms with E-state index >= 15 is 0 Å². The molecule has 390 valence electrons. The summed E-state index contributed by atoms with van der Waals surface area (Å²) in [4.78, 5) is 69.8. The van der Waals surface area contributed by atoms with E-state index in [1.54, 1.807) is 128 Å². The number of allylic oxidation sites excluding steroid dienone is 12. The third kappa shape index (κ3) is 12.4. The maximum absolute atomic E-state index is 13.1. The maximum Gasteiger partial charge on any atom is 0.346 e. The average molecular weight is 1280 g/mol. The van der Waals surface area contributed by atoms with E-state index in [0.717, 1.165) is 68.5 Å². The first kappa shape index (κ1) is 57.7. The van der Waals surface area contributed by atoms with Crippen LogP contribution in [0.3, 0.4) is 0 Å². The Balaban J connectivity index is 1.14. The van der Waals surface area contributed by atoms with Crippen LogP contribution in [-0.2, 0) is 38.1 Å². The van der Waals surface area contributed by atoms with Gasteiger partial charge in [0.05, 0.1) is 45.4 Å². The van der Waals surface area contributed by atoms with Crippen LogP contribution in [0.15, 0.2) is 133 Å². The Morgan fingerprint density at radius 3 is 0.800 bits per heavy atom. The summed E-state index contributed by atoms with van der Waals surface area (Å²) in [5.41, 5.74) is 4.16. The van der Waals surface area contributed by atoms with E-state index < -0.39 is 23.9 Å². The number of thioether (sulfide) groups is 12. The molecular formula is C52H44O8S15. The summed E-state index contributed by atoms with van der Waals surface area (Å²) in [6.07, 6.45) is 4.37. The molecule has 9 rings (SSSR count). The SMILES string of the molecule is COC(=O)C1=C(C(=O)OC)SC(=C(C=C2SC(C)=C(C)S2)c2ccc(C(=C3SC(C)=C(C)S3)c3ccc(C(=C4SC(C)=C(C)S4)c4ccc(C(C=C5SC(C)=C(C)S5)=C5SC(C(=O)OC)=C(C(=O)OC)S5)s4)s3)s2)S1.